The zero-order valence-corrected chi connectivity index (χ0v) is 14.3. The molecule has 0 saturated heterocycles. The first-order valence-electron chi connectivity index (χ1n) is 7.62. The molecule has 0 N–H and O–H groups in total. The average Bonchev–Trinajstić information content (AvgIpc) is 3.26. The van der Waals surface area contributed by atoms with Gasteiger partial charge in [-0.25, -0.2) is 4.39 Å². The Labute approximate surface area is 148 Å². The number of hydrazone groups is 1. The molecule has 120 valence electrons. The van der Waals surface area contributed by atoms with Crippen LogP contribution in [0.15, 0.2) is 71.1 Å². The zero-order valence-electron chi connectivity index (χ0n) is 12.7. The van der Waals surface area contributed by atoms with Gasteiger partial charge in [-0.2, -0.15) is 5.10 Å². The lowest BCUT2D eigenvalue weighted by atomic mass is 10.0. The highest BCUT2D eigenvalue weighted by Gasteiger charge is 2.30. The van der Waals surface area contributed by atoms with Crippen LogP contribution in [0.5, 0.6) is 0 Å². The number of anilines is 1. The Morgan fingerprint density at radius 1 is 1.04 bits per heavy atom. The predicted molar refractivity (Wildman–Crippen MR) is 98.5 cm³/mol. The lowest BCUT2D eigenvalue weighted by molar-refractivity contribution is 0.624. The number of halogens is 2. The van der Waals surface area contributed by atoms with Gasteiger partial charge in [0, 0.05) is 11.4 Å². The van der Waals surface area contributed by atoms with E-state index in [4.69, 9.17) is 16.7 Å². The number of nitrogens with zero attached hydrogens (tertiary/aromatic N) is 2. The molecule has 0 unspecified atom stereocenters. The van der Waals surface area contributed by atoms with Gasteiger partial charge < -0.3 is 0 Å². The summed E-state index contributed by atoms with van der Waals surface area (Å²) in [7, 11) is 0. The number of hydrogen-bond donors (Lipinski definition) is 0. The van der Waals surface area contributed by atoms with Gasteiger partial charge in [0.15, 0.2) is 0 Å². The van der Waals surface area contributed by atoms with Gasteiger partial charge >= 0.3 is 0 Å². The van der Waals surface area contributed by atoms with Crippen molar-refractivity contribution >= 4 is 34.3 Å². The van der Waals surface area contributed by atoms with Crippen LogP contribution in [0, 0.1) is 5.82 Å². The second-order valence-electron chi connectivity index (χ2n) is 5.62. The van der Waals surface area contributed by atoms with E-state index in [0.29, 0.717) is 5.02 Å². The minimum atomic E-state index is -0.228. The molecular formula is C19H14ClFN2S. The smallest absolute Gasteiger partial charge is 0.123 e. The van der Waals surface area contributed by atoms with Crippen molar-refractivity contribution in [2.45, 2.75) is 12.5 Å². The van der Waals surface area contributed by atoms with E-state index in [1.54, 1.807) is 11.3 Å². The van der Waals surface area contributed by atoms with Gasteiger partial charge in [0.25, 0.3) is 0 Å². The summed E-state index contributed by atoms with van der Waals surface area (Å²) in [6.07, 6.45) is 0.786. The molecule has 3 aromatic rings. The van der Waals surface area contributed by atoms with Crippen LogP contribution in [0.25, 0.3) is 0 Å². The molecule has 1 aliphatic heterocycles. The Balaban J connectivity index is 1.74. The van der Waals surface area contributed by atoms with Crippen LogP contribution < -0.4 is 5.01 Å². The van der Waals surface area contributed by atoms with E-state index in [2.05, 4.69) is 11.4 Å². The van der Waals surface area contributed by atoms with Crippen molar-refractivity contribution in [3.63, 3.8) is 0 Å². The summed E-state index contributed by atoms with van der Waals surface area (Å²) in [5.74, 6) is -0.228. The molecule has 2 nitrogen and oxygen atoms in total. The second kappa shape index (κ2) is 6.38. The molecule has 0 radical (unpaired) electrons. The molecule has 5 heteroatoms. The van der Waals surface area contributed by atoms with Gasteiger partial charge in [0.2, 0.25) is 0 Å². The first kappa shape index (κ1) is 15.4. The summed E-state index contributed by atoms with van der Waals surface area (Å²) >= 11 is 7.69. The third-order valence-electron chi connectivity index (χ3n) is 4.06. The highest BCUT2D eigenvalue weighted by Crippen LogP contribution is 2.37. The Bertz CT molecular complexity index is 857. The van der Waals surface area contributed by atoms with E-state index in [0.717, 1.165) is 23.4 Å². The molecule has 0 spiro atoms. The Kier molecular flexibility index (Phi) is 4.08. The zero-order chi connectivity index (χ0) is 16.5. The van der Waals surface area contributed by atoms with Gasteiger partial charge in [-0.3, -0.25) is 5.01 Å². The fourth-order valence-corrected chi connectivity index (χ4v) is 3.73. The van der Waals surface area contributed by atoms with Crippen molar-refractivity contribution in [1.29, 1.82) is 0 Å². The highest BCUT2D eigenvalue weighted by atomic mass is 35.5. The molecule has 24 heavy (non-hydrogen) atoms. The summed E-state index contributed by atoms with van der Waals surface area (Å²) in [6, 6.07) is 18.4. The van der Waals surface area contributed by atoms with Crippen molar-refractivity contribution < 1.29 is 4.39 Å². The third-order valence-corrected chi connectivity index (χ3v) is 5.23. The standard InChI is InChI=1S/C19H14ClFN2S/c20-14-5-9-16(10-6-14)23-18(13-3-7-15(21)8-4-13)12-17(22-23)19-2-1-11-24-19/h1-11,18H,12H2/t18-/m0/s1. The molecule has 0 bridgehead atoms. The fraction of sp³-hybridized carbons (Fsp3) is 0.105. The summed E-state index contributed by atoms with van der Waals surface area (Å²) < 4.78 is 13.3. The summed E-state index contributed by atoms with van der Waals surface area (Å²) in [6.45, 7) is 0. The maximum absolute atomic E-state index is 13.3. The van der Waals surface area contributed by atoms with E-state index in [1.165, 1.54) is 17.0 Å². The molecule has 1 atom stereocenters. The fourth-order valence-electron chi connectivity index (χ4n) is 2.88. The van der Waals surface area contributed by atoms with Gasteiger partial charge in [-0.05, 0) is 53.4 Å². The van der Waals surface area contributed by atoms with E-state index in [9.17, 15) is 4.39 Å². The molecule has 2 aromatic carbocycles. The summed E-state index contributed by atoms with van der Waals surface area (Å²) in [4.78, 5) is 1.17. The van der Waals surface area contributed by atoms with Gasteiger partial charge in [0.1, 0.15) is 5.82 Å². The normalized spacial score (nSPS) is 17.2. The number of hydrogen-bond acceptors (Lipinski definition) is 3. The third kappa shape index (κ3) is 2.95. The van der Waals surface area contributed by atoms with Crippen LogP contribution in [0.2, 0.25) is 5.02 Å². The number of benzene rings is 2. The van der Waals surface area contributed by atoms with Gasteiger partial charge in [0.05, 0.1) is 22.3 Å². The van der Waals surface area contributed by atoms with Gasteiger partial charge in [-0.1, -0.05) is 29.8 Å². The molecule has 1 aliphatic rings. The van der Waals surface area contributed by atoms with Crippen molar-refractivity contribution in [1.82, 2.24) is 0 Å². The molecule has 1 aromatic heterocycles. The van der Waals surface area contributed by atoms with Crippen molar-refractivity contribution in [3.8, 4) is 0 Å². The molecule has 0 saturated carbocycles. The van der Waals surface area contributed by atoms with E-state index < -0.39 is 0 Å². The molecule has 0 fully saturated rings. The minimum Gasteiger partial charge on any atom is -0.257 e. The molecule has 0 amide bonds. The van der Waals surface area contributed by atoms with Crippen LogP contribution >= 0.6 is 22.9 Å². The van der Waals surface area contributed by atoms with Crippen LogP contribution in [-0.4, -0.2) is 5.71 Å². The van der Waals surface area contributed by atoms with Crippen LogP contribution in [-0.2, 0) is 0 Å². The Morgan fingerprint density at radius 2 is 1.79 bits per heavy atom. The Hall–Kier alpha value is -2.17. The number of rotatable bonds is 3. The van der Waals surface area contributed by atoms with Crippen LogP contribution in [0.1, 0.15) is 22.9 Å². The largest absolute Gasteiger partial charge is 0.257 e. The summed E-state index contributed by atoms with van der Waals surface area (Å²) in [5, 5.41) is 9.58. The van der Waals surface area contributed by atoms with Crippen molar-refractivity contribution in [2.75, 3.05) is 5.01 Å². The molecule has 4 rings (SSSR count). The first-order valence-corrected chi connectivity index (χ1v) is 8.88. The monoisotopic (exact) mass is 356 g/mol. The van der Waals surface area contributed by atoms with Gasteiger partial charge in [-0.15, -0.1) is 11.3 Å². The minimum absolute atomic E-state index is 0.0453. The lowest BCUT2D eigenvalue weighted by Crippen LogP contribution is -2.18. The van der Waals surface area contributed by atoms with Crippen molar-refractivity contribution in [2.24, 2.45) is 5.10 Å². The molecule has 0 aliphatic carbocycles. The SMILES string of the molecule is Fc1ccc([C@@H]2CC(c3cccs3)=NN2c2ccc(Cl)cc2)cc1. The van der Waals surface area contributed by atoms with Crippen molar-refractivity contribution in [3.05, 3.63) is 87.3 Å². The average molecular weight is 357 g/mol. The van der Waals surface area contributed by atoms with E-state index in [-0.39, 0.29) is 11.9 Å². The maximum Gasteiger partial charge on any atom is 0.123 e. The van der Waals surface area contributed by atoms with E-state index in [1.807, 2.05) is 47.5 Å². The quantitative estimate of drug-likeness (QED) is 0.570. The molecular weight excluding hydrogens is 343 g/mol. The summed E-state index contributed by atoms with van der Waals surface area (Å²) in [5.41, 5.74) is 3.07. The van der Waals surface area contributed by atoms with E-state index >= 15 is 0 Å². The lowest BCUT2D eigenvalue weighted by Gasteiger charge is -2.24. The number of thiophene rings is 1. The Morgan fingerprint density at radius 3 is 2.46 bits per heavy atom. The first-order chi connectivity index (χ1) is 11.7. The highest BCUT2D eigenvalue weighted by molar-refractivity contribution is 7.12. The predicted octanol–water partition coefficient (Wildman–Crippen LogP) is 5.90. The van der Waals surface area contributed by atoms with Crippen LogP contribution in [0.4, 0.5) is 10.1 Å². The van der Waals surface area contributed by atoms with Crippen LogP contribution in [0.3, 0.4) is 0 Å². The second-order valence-corrected chi connectivity index (χ2v) is 7.00. The molecule has 2 heterocycles. The maximum atomic E-state index is 13.3. The topological polar surface area (TPSA) is 15.6 Å².